The average Bonchev–Trinajstić information content (AvgIpc) is 3.40. The molecular weight excluding hydrogens is 913 g/mol. The molecular formula is C68H130O6. The summed E-state index contributed by atoms with van der Waals surface area (Å²) in [6.07, 6.45) is 75.3. The number of carbonyl (C=O) groups is 3. The largest absolute Gasteiger partial charge is 0.462 e. The molecule has 1 unspecified atom stereocenters. The van der Waals surface area contributed by atoms with Crippen molar-refractivity contribution < 1.29 is 28.6 Å². The number of rotatable bonds is 63. The van der Waals surface area contributed by atoms with Gasteiger partial charge in [-0.15, -0.1) is 0 Å². The molecule has 0 radical (unpaired) electrons. The van der Waals surface area contributed by atoms with E-state index in [1.807, 2.05) is 0 Å². The number of hydrogen-bond acceptors (Lipinski definition) is 6. The number of unbranched alkanes of at least 4 members (excludes halogenated alkanes) is 50. The van der Waals surface area contributed by atoms with Gasteiger partial charge in [0.2, 0.25) is 0 Å². The maximum Gasteiger partial charge on any atom is 0.306 e. The highest BCUT2D eigenvalue weighted by atomic mass is 16.6. The van der Waals surface area contributed by atoms with Crippen molar-refractivity contribution in [3.63, 3.8) is 0 Å². The summed E-state index contributed by atoms with van der Waals surface area (Å²) in [6, 6.07) is 0. The topological polar surface area (TPSA) is 78.9 Å². The summed E-state index contributed by atoms with van der Waals surface area (Å²) >= 11 is 0. The highest BCUT2D eigenvalue weighted by molar-refractivity contribution is 5.71. The minimum absolute atomic E-state index is 0.0660. The van der Waals surface area contributed by atoms with Crippen LogP contribution in [0.25, 0.3) is 0 Å². The van der Waals surface area contributed by atoms with Gasteiger partial charge in [0, 0.05) is 19.3 Å². The molecule has 0 aromatic rings. The fourth-order valence-corrected chi connectivity index (χ4v) is 10.4. The zero-order valence-corrected chi connectivity index (χ0v) is 50.4. The third-order valence-corrected chi connectivity index (χ3v) is 15.5. The first-order valence-electron chi connectivity index (χ1n) is 33.7. The van der Waals surface area contributed by atoms with Gasteiger partial charge in [-0.05, 0) is 38.5 Å². The maximum atomic E-state index is 12.9. The quantitative estimate of drug-likeness (QED) is 0.0261. The van der Waals surface area contributed by atoms with Crippen LogP contribution in [0.2, 0.25) is 0 Å². The van der Waals surface area contributed by atoms with E-state index >= 15 is 0 Å². The van der Waals surface area contributed by atoms with Crippen LogP contribution < -0.4 is 0 Å². The highest BCUT2D eigenvalue weighted by Gasteiger charge is 2.19. The molecule has 0 saturated carbocycles. The van der Waals surface area contributed by atoms with Gasteiger partial charge < -0.3 is 14.2 Å². The summed E-state index contributed by atoms with van der Waals surface area (Å²) in [5, 5.41) is 0. The van der Waals surface area contributed by atoms with Gasteiger partial charge in [-0.2, -0.15) is 0 Å². The Bertz CT molecular complexity index is 1150. The van der Waals surface area contributed by atoms with Crippen LogP contribution in [0.5, 0.6) is 0 Å². The molecule has 0 saturated heterocycles. The Balaban J connectivity index is 4.17. The number of carbonyl (C=O) groups excluding carboxylic acids is 3. The second kappa shape index (κ2) is 63.7. The zero-order chi connectivity index (χ0) is 53.6. The molecule has 0 aromatic carbocycles. The van der Waals surface area contributed by atoms with Crippen molar-refractivity contribution in [1.29, 1.82) is 0 Å². The Morgan fingerprint density at radius 2 is 0.459 bits per heavy atom. The van der Waals surface area contributed by atoms with Gasteiger partial charge in [0.1, 0.15) is 13.2 Å². The van der Waals surface area contributed by atoms with E-state index in [0.29, 0.717) is 19.3 Å². The van der Waals surface area contributed by atoms with Crippen molar-refractivity contribution in [3.05, 3.63) is 12.2 Å². The molecule has 6 heteroatoms. The van der Waals surface area contributed by atoms with E-state index in [1.165, 1.54) is 283 Å². The Morgan fingerprint density at radius 1 is 0.257 bits per heavy atom. The lowest BCUT2D eigenvalue weighted by Gasteiger charge is -2.18. The van der Waals surface area contributed by atoms with Gasteiger partial charge in [-0.25, -0.2) is 0 Å². The first kappa shape index (κ1) is 72.2. The second-order valence-electron chi connectivity index (χ2n) is 23.1. The molecule has 0 amide bonds. The Morgan fingerprint density at radius 3 is 0.716 bits per heavy atom. The summed E-state index contributed by atoms with van der Waals surface area (Å²) in [6.45, 7) is 6.68. The van der Waals surface area contributed by atoms with Crippen LogP contribution >= 0.6 is 0 Å². The van der Waals surface area contributed by atoms with E-state index in [0.717, 1.165) is 64.2 Å². The van der Waals surface area contributed by atoms with Crippen LogP contribution in [0, 0.1) is 0 Å². The SMILES string of the molecule is CCCC/C=C\CCCCCCCC(=O)OCC(COC(=O)CCCCCCCCCCCCCCCCCCCCCCCCCC)OC(=O)CCCCCCCCCCCCCCCCCCCCCCC. The summed E-state index contributed by atoms with van der Waals surface area (Å²) < 4.78 is 16.9. The van der Waals surface area contributed by atoms with Gasteiger partial charge in [0.05, 0.1) is 0 Å². The molecule has 0 aliphatic rings. The monoisotopic (exact) mass is 1040 g/mol. The molecule has 438 valence electrons. The van der Waals surface area contributed by atoms with E-state index in [9.17, 15) is 14.4 Å². The van der Waals surface area contributed by atoms with Crippen LogP contribution in [-0.2, 0) is 28.6 Å². The van der Waals surface area contributed by atoms with E-state index in [1.54, 1.807) is 0 Å². The van der Waals surface area contributed by atoms with Gasteiger partial charge in [0.25, 0.3) is 0 Å². The Kier molecular flexibility index (Phi) is 62.1. The van der Waals surface area contributed by atoms with Crippen LogP contribution in [-0.4, -0.2) is 37.2 Å². The highest BCUT2D eigenvalue weighted by Crippen LogP contribution is 2.19. The molecule has 1 atom stereocenters. The Labute approximate surface area is 462 Å². The maximum absolute atomic E-state index is 12.9. The molecule has 0 spiro atoms. The van der Waals surface area contributed by atoms with Gasteiger partial charge in [-0.1, -0.05) is 341 Å². The minimum Gasteiger partial charge on any atom is -0.462 e. The Hall–Kier alpha value is -1.85. The van der Waals surface area contributed by atoms with E-state index in [4.69, 9.17) is 14.2 Å². The molecule has 0 N–H and O–H groups in total. The summed E-state index contributed by atoms with van der Waals surface area (Å²) in [5.74, 6) is -0.845. The van der Waals surface area contributed by atoms with Crippen molar-refractivity contribution in [2.24, 2.45) is 0 Å². The molecule has 0 aliphatic heterocycles. The number of hydrogen-bond donors (Lipinski definition) is 0. The standard InChI is InChI=1S/C68H130O6/c1-4-7-10-13-16-19-22-24-26-28-30-32-33-34-36-37-39-41-43-46-49-52-55-58-61-67(70)73-64-65(63-72-66(69)60-57-54-51-48-45-21-18-15-12-9-6-3)74-68(71)62-59-56-53-50-47-44-42-40-38-35-31-29-27-25-23-20-17-14-11-8-5-2/h15,18,65H,4-14,16-17,19-64H2,1-3H3/b18-15-. The summed E-state index contributed by atoms with van der Waals surface area (Å²) in [4.78, 5) is 38.3. The van der Waals surface area contributed by atoms with Crippen LogP contribution in [0.1, 0.15) is 387 Å². The molecule has 74 heavy (non-hydrogen) atoms. The van der Waals surface area contributed by atoms with Gasteiger partial charge >= 0.3 is 17.9 Å². The van der Waals surface area contributed by atoms with E-state index < -0.39 is 6.10 Å². The molecule has 0 bridgehead atoms. The molecule has 0 fully saturated rings. The van der Waals surface area contributed by atoms with Crippen molar-refractivity contribution in [1.82, 2.24) is 0 Å². The van der Waals surface area contributed by atoms with Crippen molar-refractivity contribution >= 4 is 17.9 Å². The average molecular weight is 1040 g/mol. The lowest BCUT2D eigenvalue weighted by atomic mass is 10.0. The third kappa shape index (κ3) is 61.0. The van der Waals surface area contributed by atoms with E-state index in [-0.39, 0.29) is 31.1 Å². The normalized spacial score (nSPS) is 12.0. The number of esters is 3. The van der Waals surface area contributed by atoms with Crippen LogP contribution in [0.15, 0.2) is 12.2 Å². The second-order valence-corrected chi connectivity index (χ2v) is 23.1. The summed E-state index contributed by atoms with van der Waals surface area (Å²) in [7, 11) is 0. The van der Waals surface area contributed by atoms with Crippen molar-refractivity contribution in [3.8, 4) is 0 Å². The zero-order valence-electron chi connectivity index (χ0n) is 50.4. The summed E-state index contributed by atoms with van der Waals surface area (Å²) in [5.41, 5.74) is 0. The minimum atomic E-state index is -0.769. The third-order valence-electron chi connectivity index (χ3n) is 15.5. The van der Waals surface area contributed by atoms with Crippen molar-refractivity contribution in [2.75, 3.05) is 13.2 Å². The number of ether oxygens (including phenoxy) is 3. The van der Waals surface area contributed by atoms with Crippen LogP contribution in [0.3, 0.4) is 0 Å². The number of allylic oxidation sites excluding steroid dienone is 2. The van der Waals surface area contributed by atoms with Crippen molar-refractivity contribution in [2.45, 2.75) is 393 Å². The first-order chi connectivity index (χ1) is 36.5. The van der Waals surface area contributed by atoms with E-state index in [2.05, 4.69) is 32.9 Å². The molecule has 0 aliphatic carbocycles. The predicted octanol–water partition coefficient (Wildman–Crippen LogP) is 22.8. The molecule has 6 nitrogen and oxygen atoms in total. The fourth-order valence-electron chi connectivity index (χ4n) is 10.4. The predicted molar refractivity (Wildman–Crippen MR) is 321 cm³/mol. The lowest BCUT2D eigenvalue weighted by molar-refractivity contribution is -0.167. The van der Waals surface area contributed by atoms with Gasteiger partial charge in [0.15, 0.2) is 6.10 Å². The van der Waals surface area contributed by atoms with Crippen LogP contribution in [0.4, 0.5) is 0 Å². The molecule has 0 heterocycles. The first-order valence-corrected chi connectivity index (χ1v) is 33.7. The molecule has 0 aromatic heterocycles. The smallest absolute Gasteiger partial charge is 0.306 e. The lowest BCUT2D eigenvalue weighted by Crippen LogP contribution is -2.30. The fraction of sp³-hybridized carbons (Fsp3) is 0.926. The molecule has 0 rings (SSSR count). The van der Waals surface area contributed by atoms with Gasteiger partial charge in [-0.3, -0.25) is 14.4 Å².